The van der Waals surface area contributed by atoms with E-state index >= 15 is 0 Å². The van der Waals surface area contributed by atoms with E-state index in [1.54, 1.807) is 12.4 Å². The number of rotatable bonds is 3. The molecule has 0 fully saturated rings. The number of benzene rings is 1. The van der Waals surface area contributed by atoms with Crippen molar-refractivity contribution in [1.29, 1.82) is 0 Å². The van der Waals surface area contributed by atoms with Crippen molar-refractivity contribution in [2.75, 3.05) is 0 Å². The second-order valence-corrected chi connectivity index (χ2v) is 5.20. The molecule has 4 nitrogen and oxygen atoms in total. The van der Waals surface area contributed by atoms with Gasteiger partial charge in [0.25, 0.3) is 5.91 Å². The molecule has 1 N–H and O–H groups in total. The fourth-order valence-electron chi connectivity index (χ4n) is 2.52. The Morgan fingerprint density at radius 2 is 2.19 bits per heavy atom. The number of carbonyl (C=O) groups excluding carboxylic acids is 1. The van der Waals surface area contributed by atoms with Crippen LogP contribution in [-0.4, -0.2) is 15.5 Å². The summed E-state index contributed by atoms with van der Waals surface area (Å²) in [6.45, 7) is 2.54. The van der Waals surface area contributed by atoms with Gasteiger partial charge in [0.05, 0.1) is 0 Å². The molecule has 2 aromatic heterocycles. The lowest BCUT2D eigenvalue weighted by atomic mass is 10.1. The third-order valence-electron chi connectivity index (χ3n) is 3.63. The van der Waals surface area contributed by atoms with E-state index in [0.29, 0.717) is 12.1 Å². The van der Waals surface area contributed by atoms with Crippen LogP contribution in [0.3, 0.4) is 0 Å². The number of amides is 1. The molecule has 0 saturated heterocycles. The van der Waals surface area contributed by atoms with Crippen molar-refractivity contribution in [3.8, 4) is 0 Å². The lowest BCUT2D eigenvalue weighted by Crippen LogP contribution is -2.22. The van der Waals surface area contributed by atoms with Crippen LogP contribution in [0.25, 0.3) is 10.9 Å². The Labute approximate surface area is 123 Å². The third kappa shape index (κ3) is 2.65. The van der Waals surface area contributed by atoms with E-state index in [1.807, 2.05) is 37.4 Å². The van der Waals surface area contributed by atoms with Crippen LogP contribution in [0.1, 0.15) is 21.5 Å². The molecule has 0 bridgehead atoms. The Hall–Kier alpha value is -2.62. The molecular formula is C17H17N3O. The maximum Gasteiger partial charge on any atom is 0.251 e. The number of pyridine rings is 1. The van der Waals surface area contributed by atoms with Gasteiger partial charge in [0.15, 0.2) is 0 Å². The van der Waals surface area contributed by atoms with Gasteiger partial charge in [0.1, 0.15) is 0 Å². The Kier molecular flexibility index (Phi) is 3.44. The number of nitrogens with one attached hydrogen (secondary N) is 1. The summed E-state index contributed by atoms with van der Waals surface area (Å²) >= 11 is 0. The van der Waals surface area contributed by atoms with Crippen molar-refractivity contribution in [1.82, 2.24) is 14.9 Å². The normalized spacial score (nSPS) is 10.8. The molecule has 0 aliphatic carbocycles. The van der Waals surface area contributed by atoms with Crippen LogP contribution >= 0.6 is 0 Å². The van der Waals surface area contributed by atoms with E-state index in [4.69, 9.17) is 0 Å². The van der Waals surface area contributed by atoms with Crippen molar-refractivity contribution >= 4 is 16.8 Å². The van der Waals surface area contributed by atoms with Crippen LogP contribution in [-0.2, 0) is 13.6 Å². The number of hydrogen-bond donors (Lipinski definition) is 1. The number of carbonyl (C=O) groups is 1. The van der Waals surface area contributed by atoms with Crippen molar-refractivity contribution in [3.63, 3.8) is 0 Å². The zero-order valence-corrected chi connectivity index (χ0v) is 12.1. The van der Waals surface area contributed by atoms with Gasteiger partial charge in [-0.1, -0.05) is 6.07 Å². The molecule has 0 spiro atoms. The summed E-state index contributed by atoms with van der Waals surface area (Å²) in [5.41, 5.74) is 3.98. The van der Waals surface area contributed by atoms with Gasteiger partial charge in [0, 0.05) is 48.6 Å². The minimum atomic E-state index is -0.0657. The summed E-state index contributed by atoms with van der Waals surface area (Å²) in [6, 6.07) is 9.60. The van der Waals surface area contributed by atoms with Crippen molar-refractivity contribution in [2.24, 2.45) is 7.05 Å². The zero-order chi connectivity index (χ0) is 14.8. The summed E-state index contributed by atoms with van der Waals surface area (Å²) in [6.07, 6.45) is 5.55. The van der Waals surface area contributed by atoms with E-state index in [0.717, 1.165) is 16.5 Å². The highest BCUT2D eigenvalue weighted by molar-refractivity contribution is 5.98. The quantitative estimate of drug-likeness (QED) is 0.801. The van der Waals surface area contributed by atoms with Crippen LogP contribution < -0.4 is 5.32 Å². The first-order valence-electron chi connectivity index (χ1n) is 6.88. The largest absolute Gasteiger partial charge is 0.350 e. The summed E-state index contributed by atoms with van der Waals surface area (Å²) in [4.78, 5) is 16.3. The number of nitrogens with zero attached hydrogens (tertiary/aromatic N) is 2. The standard InChI is InChI=1S/C17H17N3O/c1-12-11-20(2)16-6-5-14(8-15(12)16)17(21)19-10-13-4-3-7-18-9-13/h3-9,11H,10H2,1-2H3,(H,19,21). The van der Waals surface area contributed by atoms with Gasteiger partial charge in [0.2, 0.25) is 0 Å². The van der Waals surface area contributed by atoms with Crippen molar-refractivity contribution in [3.05, 3.63) is 65.6 Å². The van der Waals surface area contributed by atoms with Gasteiger partial charge in [-0.05, 0) is 42.3 Å². The second kappa shape index (κ2) is 5.40. The molecule has 106 valence electrons. The maximum absolute atomic E-state index is 12.2. The van der Waals surface area contributed by atoms with Gasteiger partial charge in [-0.2, -0.15) is 0 Å². The van der Waals surface area contributed by atoms with E-state index in [2.05, 4.69) is 28.0 Å². The summed E-state index contributed by atoms with van der Waals surface area (Å²) < 4.78 is 2.07. The van der Waals surface area contributed by atoms with Crippen LogP contribution in [0.4, 0.5) is 0 Å². The predicted molar refractivity (Wildman–Crippen MR) is 83.1 cm³/mol. The molecule has 2 heterocycles. The minimum Gasteiger partial charge on any atom is -0.350 e. The molecule has 21 heavy (non-hydrogen) atoms. The lowest BCUT2D eigenvalue weighted by molar-refractivity contribution is 0.0951. The second-order valence-electron chi connectivity index (χ2n) is 5.20. The Bertz CT molecular complexity index is 790. The smallest absolute Gasteiger partial charge is 0.251 e. The molecule has 0 aliphatic rings. The third-order valence-corrected chi connectivity index (χ3v) is 3.63. The fraction of sp³-hybridized carbons (Fsp3) is 0.176. The average Bonchev–Trinajstić information content (AvgIpc) is 2.80. The maximum atomic E-state index is 12.2. The van der Waals surface area contributed by atoms with Gasteiger partial charge in [-0.25, -0.2) is 0 Å². The van der Waals surface area contributed by atoms with E-state index in [-0.39, 0.29) is 5.91 Å². The highest BCUT2D eigenvalue weighted by atomic mass is 16.1. The first-order valence-corrected chi connectivity index (χ1v) is 6.88. The van der Waals surface area contributed by atoms with Crippen LogP contribution in [0, 0.1) is 6.92 Å². The highest BCUT2D eigenvalue weighted by Crippen LogP contribution is 2.21. The first kappa shape index (κ1) is 13.4. The number of fused-ring (bicyclic) bond motifs is 1. The van der Waals surface area contributed by atoms with E-state index in [9.17, 15) is 4.79 Å². The Morgan fingerprint density at radius 3 is 2.95 bits per heavy atom. The lowest BCUT2D eigenvalue weighted by Gasteiger charge is -2.06. The average molecular weight is 279 g/mol. The molecule has 0 unspecified atom stereocenters. The predicted octanol–water partition coefficient (Wildman–Crippen LogP) is 2.81. The molecule has 3 rings (SSSR count). The molecule has 1 amide bonds. The molecular weight excluding hydrogens is 262 g/mol. The van der Waals surface area contributed by atoms with E-state index < -0.39 is 0 Å². The Morgan fingerprint density at radius 1 is 1.33 bits per heavy atom. The SMILES string of the molecule is Cc1cn(C)c2ccc(C(=O)NCc3cccnc3)cc12. The van der Waals surface area contributed by atoms with Crippen molar-refractivity contribution in [2.45, 2.75) is 13.5 Å². The highest BCUT2D eigenvalue weighted by Gasteiger charge is 2.09. The molecule has 0 aliphatic heterocycles. The molecule has 0 atom stereocenters. The Balaban J connectivity index is 1.80. The van der Waals surface area contributed by atoms with Crippen molar-refractivity contribution < 1.29 is 4.79 Å². The molecule has 1 aromatic carbocycles. The van der Waals surface area contributed by atoms with Gasteiger partial charge in [-0.3, -0.25) is 9.78 Å². The zero-order valence-electron chi connectivity index (χ0n) is 12.1. The van der Waals surface area contributed by atoms with E-state index in [1.165, 1.54) is 5.56 Å². The molecule has 0 radical (unpaired) electrons. The number of aryl methyl sites for hydroxylation is 2. The monoisotopic (exact) mass is 279 g/mol. The number of hydrogen-bond acceptors (Lipinski definition) is 2. The molecule has 4 heteroatoms. The molecule has 3 aromatic rings. The van der Waals surface area contributed by atoms with Gasteiger partial charge >= 0.3 is 0 Å². The minimum absolute atomic E-state index is 0.0657. The first-order chi connectivity index (χ1) is 10.1. The fourth-order valence-corrected chi connectivity index (χ4v) is 2.52. The van der Waals surface area contributed by atoms with Crippen LogP contribution in [0.15, 0.2) is 48.9 Å². The number of aromatic nitrogens is 2. The summed E-state index contributed by atoms with van der Waals surface area (Å²) in [5, 5.41) is 4.04. The topological polar surface area (TPSA) is 46.9 Å². The van der Waals surface area contributed by atoms with Crippen LogP contribution in [0.2, 0.25) is 0 Å². The summed E-state index contributed by atoms with van der Waals surface area (Å²) in [7, 11) is 2.01. The van der Waals surface area contributed by atoms with Crippen LogP contribution in [0.5, 0.6) is 0 Å². The van der Waals surface area contributed by atoms with Gasteiger partial charge < -0.3 is 9.88 Å². The van der Waals surface area contributed by atoms with Gasteiger partial charge in [-0.15, -0.1) is 0 Å². The summed E-state index contributed by atoms with van der Waals surface area (Å²) in [5.74, 6) is -0.0657. The molecule has 0 saturated carbocycles.